The maximum atomic E-state index is 14.0. The highest BCUT2D eigenvalue weighted by Crippen LogP contribution is 2.37. The number of halogens is 8. The van der Waals surface area contributed by atoms with Crippen LogP contribution in [0.15, 0.2) is 65.5 Å². The first-order valence-corrected chi connectivity index (χ1v) is 13.1. The number of alkyl halides is 6. The Morgan fingerprint density at radius 2 is 1.63 bits per heavy atom. The fraction of sp³-hybridized carbons (Fsp3) is 0.276. The number of benzene rings is 3. The highest BCUT2D eigenvalue weighted by atomic mass is 35.5. The van der Waals surface area contributed by atoms with Gasteiger partial charge in [0.05, 0.1) is 45.4 Å². The summed E-state index contributed by atoms with van der Waals surface area (Å²) in [5, 5.41) is -0.170. The van der Waals surface area contributed by atoms with E-state index in [2.05, 4.69) is 4.98 Å². The van der Waals surface area contributed by atoms with Gasteiger partial charge < -0.3 is 9.64 Å². The summed E-state index contributed by atoms with van der Waals surface area (Å²) in [6.07, 6.45) is -10.3. The van der Waals surface area contributed by atoms with E-state index in [4.69, 9.17) is 16.3 Å². The van der Waals surface area contributed by atoms with Gasteiger partial charge in [-0.05, 0) is 55.0 Å². The number of nitrogens with zero attached hydrogens (tertiary/aromatic N) is 3. The summed E-state index contributed by atoms with van der Waals surface area (Å²) in [6.45, 7) is 1.14. The lowest BCUT2D eigenvalue weighted by Crippen LogP contribution is -2.40. The van der Waals surface area contributed by atoms with Gasteiger partial charge in [0.15, 0.2) is 0 Å². The summed E-state index contributed by atoms with van der Waals surface area (Å²) in [6, 6.07) is 9.06. The number of para-hydroxylation sites is 1. The number of carbonyl (C=O) groups excluding carboxylic acids is 1. The molecule has 0 aliphatic carbocycles. The Morgan fingerprint density at radius 3 is 2.19 bits per heavy atom. The molecule has 14 heteroatoms. The molecule has 0 aliphatic heterocycles. The van der Waals surface area contributed by atoms with Crippen LogP contribution < -0.4 is 5.56 Å². The Morgan fingerprint density at radius 1 is 1.00 bits per heavy atom. The molecule has 0 radical (unpaired) electrons. The van der Waals surface area contributed by atoms with Crippen LogP contribution in [-0.4, -0.2) is 40.6 Å². The van der Waals surface area contributed by atoms with E-state index in [0.717, 1.165) is 21.6 Å². The van der Waals surface area contributed by atoms with E-state index in [1.54, 1.807) is 19.1 Å². The average Bonchev–Trinajstić information content (AvgIpc) is 2.95. The number of hydrogen-bond acceptors (Lipinski definition) is 4. The van der Waals surface area contributed by atoms with E-state index in [9.17, 15) is 40.3 Å². The largest absolute Gasteiger partial charge is 0.416 e. The third-order valence-electron chi connectivity index (χ3n) is 6.66. The van der Waals surface area contributed by atoms with Gasteiger partial charge in [0, 0.05) is 19.2 Å². The van der Waals surface area contributed by atoms with Crippen molar-refractivity contribution in [3.63, 3.8) is 0 Å². The van der Waals surface area contributed by atoms with E-state index in [1.165, 1.54) is 25.3 Å². The minimum atomic E-state index is -5.18. The molecule has 4 rings (SSSR count). The number of rotatable bonds is 8. The topological polar surface area (TPSA) is 64.4 Å². The van der Waals surface area contributed by atoms with E-state index in [0.29, 0.717) is 12.1 Å². The van der Waals surface area contributed by atoms with E-state index >= 15 is 0 Å². The maximum Gasteiger partial charge on any atom is 0.416 e. The molecular formula is C29H23ClF7N3O3. The minimum Gasteiger partial charge on any atom is -0.383 e. The first-order valence-electron chi connectivity index (χ1n) is 12.7. The molecule has 1 aromatic heterocycles. The Hall–Kier alpha value is -3.97. The third-order valence-corrected chi connectivity index (χ3v) is 6.95. The molecular weight excluding hydrogens is 607 g/mol. The zero-order valence-corrected chi connectivity index (χ0v) is 23.3. The fourth-order valence-electron chi connectivity index (χ4n) is 4.62. The molecule has 1 unspecified atom stereocenters. The van der Waals surface area contributed by atoms with Crippen LogP contribution in [0.3, 0.4) is 0 Å². The average molecular weight is 630 g/mol. The van der Waals surface area contributed by atoms with Crippen LogP contribution in [0.4, 0.5) is 30.7 Å². The summed E-state index contributed by atoms with van der Waals surface area (Å²) < 4.78 is 102. The monoisotopic (exact) mass is 629 g/mol. The first-order chi connectivity index (χ1) is 20.2. The van der Waals surface area contributed by atoms with Crippen molar-refractivity contribution in [2.24, 2.45) is 0 Å². The summed E-state index contributed by atoms with van der Waals surface area (Å²) in [4.78, 5) is 33.2. The molecule has 3 aromatic carbocycles. The van der Waals surface area contributed by atoms with Crippen LogP contribution in [0.1, 0.15) is 46.7 Å². The van der Waals surface area contributed by atoms with E-state index in [1.807, 2.05) is 0 Å². The van der Waals surface area contributed by atoms with Gasteiger partial charge in [-0.2, -0.15) is 26.3 Å². The van der Waals surface area contributed by atoms with Gasteiger partial charge in [-0.3, -0.25) is 14.2 Å². The summed E-state index contributed by atoms with van der Waals surface area (Å²) in [7, 11) is 1.29. The first kappa shape index (κ1) is 32.0. The van der Waals surface area contributed by atoms with Gasteiger partial charge >= 0.3 is 12.4 Å². The van der Waals surface area contributed by atoms with Crippen LogP contribution >= 0.6 is 11.6 Å². The number of carbonyl (C=O) groups is 1. The number of fused-ring (bicyclic) bond motifs is 1. The number of hydrogen-bond donors (Lipinski definition) is 0. The van der Waals surface area contributed by atoms with Crippen molar-refractivity contribution in [3.8, 4) is 5.69 Å². The van der Waals surface area contributed by atoms with Crippen molar-refractivity contribution in [1.29, 1.82) is 0 Å². The van der Waals surface area contributed by atoms with Crippen molar-refractivity contribution >= 4 is 28.4 Å². The van der Waals surface area contributed by atoms with Gasteiger partial charge in [-0.15, -0.1) is 0 Å². The number of amides is 1. The highest BCUT2D eigenvalue weighted by Gasteiger charge is 2.39. The van der Waals surface area contributed by atoms with Gasteiger partial charge in [-0.25, -0.2) is 9.37 Å². The maximum absolute atomic E-state index is 14.0. The van der Waals surface area contributed by atoms with Crippen molar-refractivity contribution in [2.45, 2.75) is 31.7 Å². The van der Waals surface area contributed by atoms with Crippen LogP contribution in [0, 0.1) is 5.82 Å². The normalized spacial score (nSPS) is 12.9. The lowest BCUT2D eigenvalue weighted by atomic mass is 10.0. The van der Waals surface area contributed by atoms with Crippen LogP contribution in [0.25, 0.3) is 16.6 Å². The number of aromatic nitrogens is 2. The molecule has 0 spiro atoms. The fourth-order valence-corrected chi connectivity index (χ4v) is 4.80. The molecule has 0 fully saturated rings. The predicted molar refractivity (Wildman–Crippen MR) is 145 cm³/mol. The molecule has 43 heavy (non-hydrogen) atoms. The molecule has 0 N–H and O–H groups in total. The molecule has 4 aromatic rings. The molecule has 1 amide bonds. The summed E-state index contributed by atoms with van der Waals surface area (Å²) in [5.41, 5.74) is -4.54. The number of ether oxygens (including phenoxy) is 1. The smallest absolute Gasteiger partial charge is 0.383 e. The molecule has 0 saturated carbocycles. The van der Waals surface area contributed by atoms with Crippen LogP contribution in [0.2, 0.25) is 5.02 Å². The van der Waals surface area contributed by atoms with Crippen molar-refractivity contribution in [1.82, 2.24) is 14.5 Å². The second-order valence-electron chi connectivity index (χ2n) is 9.44. The Bertz CT molecular complexity index is 1690. The van der Waals surface area contributed by atoms with E-state index in [-0.39, 0.29) is 53.1 Å². The molecule has 0 bridgehead atoms. The van der Waals surface area contributed by atoms with Gasteiger partial charge in [0.2, 0.25) is 0 Å². The zero-order chi connectivity index (χ0) is 31.7. The van der Waals surface area contributed by atoms with Crippen LogP contribution in [-0.2, 0) is 17.1 Å². The zero-order valence-electron chi connectivity index (χ0n) is 22.6. The van der Waals surface area contributed by atoms with Crippen molar-refractivity contribution in [3.05, 3.63) is 104 Å². The molecule has 1 heterocycles. The SMILES string of the molecule is CCC(c1nc2ccccc2c(=O)n1-c1ccc(F)c(Cl)c1)N(CCOC)C(=O)c1cc(C(F)(F)F)cc(C(F)(F)F)c1. The second-order valence-corrected chi connectivity index (χ2v) is 9.84. The Kier molecular flexibility index (Phi) is 9.16. The lowest BCUT2D eigenvalue weighted by Gasteiger charge is -2.32. The van der Waals surface area contributed by atoms with Crippen molar-refractivity contribution < 1.29 is 40.3 Å². The Balaban J connectivity index is 1.98. The molecule has 0 saturated heterocycles. The standard InChI is InChI=1S/C29H23ClF7N3O3/c1-3-24(25-38-23-7-5-4-6-20(23)27(42)40(25)19-8-9-22(31)21(30)15-19)39(10-11-43-2)26(41)16-12-17(28(32,33)34)14-18(13-16)29(35,36)37/h4-9,12-15,24H,3,10-11H2,1-2H3. The molecule has 0 aliphatic rings. The second kappa shape index (κ2) is 12.3. The summed E-state index contributed by atoms with van der Waals surface area (Å²) >= 11 is 5.99. The summed E-state index contributed by atoms with van der Waals surface area (Å²) in [5.74, 6) is -2.05. The molecule has 6 nitrogen and oxygen atoms in total. The van der Waals surface area contributed by atoms with Gasteiger partial charge in [0.25, 0.3) is 11.5 Å². The molecule has 228 valence electrons. The lowest BCUT2D eigenvalue weighted by molar-refractivity contribution is -0.143. The van der Waals surface area contributed by atoms with Crippen LogP contribution in [0.5, 0.6) is 0 Å². The van der Waals surface area contributed by atoms with Crippen molar-refractivity contribution in [2.75, 3.05) is 20.3 Å². The molecule has 1 atom stereocenters. The van der Waals surface area contributed by atoms with Gasteiger partial charge in [-0.1, -0.05) is 30.7 Å². The third kappa shape index (κ3) is 6.67. The van der Waals surface area contributed by atoms with Gasteiger partial charge in [0.1, 0.15) is 11.6 Å². The Labute approximate surface area is 245 Å². The quantitative estimate of drug-likeness (QED) is 0.190. The predicted octanol–water partition coefficient (Wildman–Crippen LogP) is 7.46. The van der Waals surface area contributed by atoms with E-state index < -0.39 is 52.4 Å². The highest BCUT2D eigenvalue weighted by molar-refractivity contribution is 6.30. The number of methoxy groups -OCH3 is 1. The minimum absolute atomic E-state index is 0.0141.